The molecule has 1 aliphatic rings. The second-order valence-electron chi connectivity index (χ2n) is 6.84. The van der Waals surface area contributed by atoms with Crippen LogP contribution in [0.4, 0.5) is 0 Å². The summed E-state index contributed by atoms with van der Waals surface area (Å²) in [5, 5.41) is 16.2. The van der Waals surface area contributed by atoms with E-state index in [2.05, 4.69) is 15.5 Å². The van der Waals surface area contributed by atoms with Crippen LogP contribution in [0.3, 0.4) is 0 Å². The lowest BCUT2D eigenvalue weighted by Crippen LogP contribution is -2.44. The minimum Gasteiger partial charge on any atom is -0.485 e. The molecule has 0 atom stereocenters. The van der Waals surface area contributed by atoms with Crippen LogP contribution in [0.2, 0.25) is 0 Å². The minimum atomic E-state index is -0.883. The summed E-state index contributed by atoms with van der Waals surface area (Å²) in [4.78, 5) is 28.5. The van der Waals surface area contributed by atoms with Gasteiger partial charge in [-0.3, -0.25) is 9.59 Å². The fourth-order valence-corrected chi connectivity index (χ4v) is 3.36. The molecule has 1 amide bonds. The Kier molecular flexibility index (Phi) is 5.73. The van der Waals surface area contributed by atoms with Gasteiger partial charge >= 0.3 is 5.97 Å². The summed E-state index contributed by atoms with van der Waals surface area (Å²) < 4.78 is 10.6. The molecule has 8 nitrogen and oxygen atoms in total. The molecule has 3 rings (SSSR count). The molecule has 1 aliphatic carbocycles. The molecule has 144 valence electrons. The molecular weight excluding hydrogens is 350 g/mol. The van der Waals surface area contributed by atoms with Crippen molar-refractivity contribution in [3.8, 4) is 5.75 Å². The number of nitrogens with zero attached hydrogens (tertiary/aromatic N) is 2. The number of ether oxygens (including phenoxy) is 1. The number of carbonyl (C=O) groups excluding carboxylic acids is 1. The highest BCUT2D eigenvalue weighted by Gasteiger charge is 2.39. The van der Waals surface area contributed by atoms with Crippen LogP contribution in [0.15, 0.2) is 28.8 Å². The molecule has 1 heterocycles. The molecule has 0 radical (unpaired) electrons. The van der Waals surface area contributed by atoms with Crippen LogP contribution in [-0.2, 0) is 11.4 Å². The van der Waals surface area contributed by atoms with Crippen LogP contribution in [0.1, 0.15) is 54.2 Å². The minimum absolute atomic E-state index is 0.0701. The van der Waals surface area contributed by atoms with E-state index in [4.69, 9.17) is 9.26 Å². The smallest absolute Gasteiger partial charge is 0.311 e. The zero-order valence-electron chi connectivity index (χ0n) is 15.2. The van der Waals surface area contributed by atoms with Crippen LogP contribution >= 0.6 is 0 Å². The lowest BCUT2D eigenvalue weighted by molar-refractivity contribution is -0.150. The van der Waals surface area contributed by atoms with Crippen molar-refractivity contribution in [2.24, 2.45) is 5.41 Å². The average molecular weight is 373 g/mol. The Hall–Kier alpha value is -2.90. The number of nitrogens with one attached hydrogen (secondary N) is 1. The summed E-state index contributed by atoms with van der Waals surface area (Å²) in [7, 11) is 0. The Bertz CT molecular complexity index is 811. The standard InChI is InChI=1S/C19H23N3O5/c1-13-21-16(22-27-13)11-26-15-8-4-3-7-14(15)17(23)20-12-19(18(24)25)9-5-2-6-10-19/h3-4,7-8H,2,5-6,9-12H2,1H3,(H,20,23)(H,24,25). The van der Waals surface area contributed by atoms with E-state index in [1.807, 2.05) is 0 Å². The molecule has 1 fully saturated rings. The van der Waals surface area contributed by atoms with Gasteiger partial charge < -0.3 is 19.7 Å². The zero-order chi connectivity index (χ0) is 19.3. The molecular formula is C19H23N3O5. The van der Waals surface area contributed by atoms with Gasteiger partial charge in [-0.15, -0.1) is 0 Å². The molecule has 1 saturated carbocycles. The second kappa shape index (κ2) is 8.20. The van der Waals surface area contributed by atoms with E-state index < -0.39 is 11.4 Å². The predicted octanol–water partition coefficient (Wildman–Crippen LogP) is 2.72. The summed E-state index contributed by atoms with van der Waals surface area (Å²) in [5.41, 5.74) is -0.541. The molecule has 0 saturated heterocycles. The quantitative estimate of drug-likeness (QED) is 0.767. The summed E-state index contributed by atoms with van der Waals surface area (Å²) in [6.07, 6.45) is 3.93. The highest BCUT2D eigenvalue weighted by molar-refractivity contribution is 5.97. The van der Waals surface area contributed by atoms with Gasteiger partial charge in [0.05, 0.1) is 11.0 Å². The number of para-hydroxylation sites is 1. The number of amides is 1. The first-order valence-corrected chi connectivity index (χ1v) is 9.03. The van der Waals surface area contributed by atoms with E-state index in [0.29, 0.717) is 35.9 Å². The molecule has 1 aromatic heterocycles. The van der Waals surface area contributed by atoms with Gasteiger partial charge in [-0.2, -0.15) is 4.98 Å². The van der Waals surface area contributed by atoms with Crippen LogP contribution in [0.5, 0.6) is 5.75 Å². The third-order valence-corrected chi connectivity index (χ3v) is 4.91. The van der Waals surface area contributed by atoms with Gasteiger partial charge in [0.15, 0.2) is 6.61 Å². The summed E-state index contributed by atoms with van der Waals surface area (Å²) >= 11 is 0. The molecule has 2 N–H and O–H groups in total. The SMILES string of the molecule is Cc1nc(COc2ccccc2C(=O)NCC2(C(=O)O)CCCCC2)no1. The summed E-state index contributed by atoms with van der Waals surface area (Å²) in [6.45, 7) is 1.86. The Morgan fingerprint density at radius 3 is 2.67 bits per heavy atom. The third-order valence-electron chi connectivity index (χ3n) is 4.91. The number of carbonyl (C=O) groups is 2. The van der Waals surface area contributed by atoms with Crippen molar-refractivity contribution in [1.82, 2.24) is 15.5 Å². The number of carboxylic acid groups (broad SMARTS) is 1. The number of aryl methyl sites for hydroxylation is 1. The lowest BCUT2D eigenvalue weighted by Gasteiger charge is -2.33. The Balaban J connectivity index is 1.66. The molecule has 27 heavy (non-hydrogen) atoms. The maximum atomic E-state index is 12.7. The monoisotopic (exact) mass is 373 g/mol. The van der Waals surface area contributed by atoms with Crippen molar-refractivity contribution in [2.75, 3.05) is 6.54 Å². The molecule has 0 bridgehead atoms. The molecule has 1 aromatic carbocycles. The summed E-state index contributed by atoms with van der Waals surface area (Å²) in [5.74, 6) is -0.00750. The number of aliphatic carboxylic acids is 1. The highest BCUT2D eigenvalue weighted by Crippen LogP contribution is 2.36. The maximum Gasteiger partial charge on any atom is 0.311 e. The lowest BCUT2D eigenvalue weighted by atomic mass is 9.74. The van der Waals surface area contributed by atoms with E-state index >= 15 is 0 Å². The number of rotatable bonds is 7. The van der Waals surface area contributed by atoms with Gasteiger partial charge in [0.1, 0.15) is 5.75 Å². The van der Waals surface area contributed by atoms with Gasteiger partial charge in [0, 0.05) is 13.5 Å². The molecule has 0 unspecified atom stereocenters. The van der Waals surface area contributed by atoms with Crippen LogP contribution < -0.4 is 10.1 Å². The Morgan fingerprint density at radius 2 is 2.00 bits per heavy atom. The predicted molar refractivity (Wildman–Crippen MR) is 95.3 cm³/mol. The van der Waals surface area contributed by atoms with E-state index in [0.717, 1.165) is 19.3 Å². The Labute approximate surface area is 156 Å². The number of hydrogen-bond acceptors (Lipinski definition) is 6. The highest BCUT2D eigenvalue weighted by atomic mass is 16.5. The number of carboxylic acids is 1. The van der Waals surface area contributed by atoms with Crippen LogP contribution in [0, 0.1) is 12.3 Å². The molecule has 2 aromatic rings. The van der Waals surface area contributed by atoms with Crippen LogP contribution in [-0.4, -0.2) is 33.7 Å². The van der Waals surface area contributed by atoms with Crippen molar-refractivity contribution in [3.63, 3.8) is 0 Å². The number of benzene rings is 1. The van der Waals surface area contributed by atoms with Crippen molar-refractivity contribution in [2.45, 2.75) is 45.6 Å². The van der Waals surface area contributed by atoms with E-state index in [9.17, 15) is 14.7 Å². The largest absolute Gasteiger partial charge is 0.485 e. The number of hydrogen-bond donors (Lipinski definition) is 2. The summed E-state index contributed by atoms with van der Waals surface area (Å²) in [6, 6.07) is 6.80. The first-order chi connectivity index (χ1) is 13.0. The third kappa shape index (κ3) is 4.45. The van der Waals surface area contributed by atoms with Gasteiger partial charge in [-0.25, -0.2) is 0 Å². The number of aromatic nitrogens is 2. The fraction of sp³-hybridized carbons (Fsp3) is 0.474. The van der Waals surface area contributed by atoms with E-state index in [-0.39, 0.29) is 19.1 Å². The van der Waals surface area contributed by atoms with Crippen molar-refractivity contribution in [3.05, 3.63) is 41.5 Å². The van der Waals surface area contributed by atoms with Gasteiger partial charge in [0.2, 0.25) is 11.7 Å². The van der Waals surface area contributed by atoms with E-state index in [1.165, 1.54) is 0 Å². The molecule has 0 aliphatic heterocycles. The zero-order valence-corrected chi connectivity index (χ0v) is 15.2. The first-order valence-electron chi connectivity index (χ1n) is 9.03. The Morgan fingerprint density at radius 1 is 1.26 bits per heavy atom. The normalized spacial score (nSPS) is 15.9. The van der Waals surface area contributed by atoms with Crippen LogP contribution in [0.25, 0.3) is 0 Å². The van der Waals surface area contributed by atoms with Crippen molar-refractivity contribution >= 4 is 11.9 Å². The average Bonchev–Trinajstić information content (AvgIpc) is 3.10. The molecule has 8 heteroatoms. The fourth-order valence-electron chi connectivity index (χ4n) is 3.36. The van der Waals surface area contributed by atoms with Crippen molar-refractivity contribution in [1.29, 1.82) is 0 Å². The van der Waals surface area contributed by atoms with Gasteiger partial charge in [0.25, 0.3) is 5.91 Å². The van der Waals surface area contributed by atoms with Crippen molar-refractivity contribution < 1.29 is 24.0 Å². The molecule has 0 spiro atoms. The maximum absolute atomic E-state index is 12.7. The van der Waals surface area contributed by atoms with E-state index in [1.54, 1.807) is 31.2 Å². The van der Waals surface area contributed by atoms with Gasteiger partial charge in [-0.05, 0) is 25.0 Å². The second-order valence-corrected chi connectivity index (χ2v) is 6.84. The van der Waals surface area contributed by atoms with Gasteiger partial charge in [-0.1, -0.05) is 36.6 Å². The first kappa shape index (κ1) is 18.9. The topological polar surface area (TPSA) is 115 Å².